The molecule has 5 nitrogen and oxygen atoms in total. The molecule has 0 aliphatic heterocycles. The monoisotopic (exact) mass is 366 g/mol. The van der Waals surface area contributed by atoms with E-state index in [2.05, 4.69) is 19.9 Å². The van der Waals surface area contributed by atoms with Crippen LogP contribution >= 0.6 is 0 Å². The molecule has 0 saturated carbocycles. The van der Waals surface area contributed by atoms with Crippen molar-refractivity contribution in [3.8, 4) is 5.88 Å². The van der Waals surface area contributed by atoms with E-state index in [9.17, 15) is 8.78 Å². The normalized spacial score (nSPS) is 11.1. The zero-order chi connectivity index (χ0) is 18.8. The number of pyridine rings is 3. The first-order valence-corrected chi connectivity index (χ1v) is 8.37. The maximum absolute atomic E-state index is 14.5. The molecule has 7 heteroatoms. The molecular formula is C20H16F2N4O. The molecule has 4 aromatic heterocycles. The van der Waals surface area contributed by atoms with Crippen LogP contribution in [0, 0.1) is 11.8 Å². The van der Waals surface area contributed by atoms with Gasteiger partial charge in [-0.2, -0.15) is 4.39 Å². The zero-order valence-corrected chi connectivity index (χ0v) is 14.5. The third-order valence-corrected chi connectivity index (χ3v) is 4.34. The maximum Gasteiger partial charge on any atom is 0.216 e. The Balaban J connectivity index is 1.55. The topological polar surface area (TPSA) is 63.7 Å². The summed E-state index contributed by atoms with van der Waals surface area (Å²) in [6.45, 7) is 0. The van der Waals surface area contributed by atoms with Gasteiger partial charge >= 0.3 is 0 Å². The molecule has 4 aromatic rings. The fourth-order valence-corrected chi connectivity index (χ4v) is 2.96. The molecule has 0 unspecified atom stereocenters. The fraction of sp³-hybridized carbons (Fsp3) is 0.150. The first-order chi connectivity index (χ1) is 13.1. The number of methoxy groups -OCH3 is 1. The molecule has 0 saturated heterocycles. The van der Waals surface area contributed by atoms with Crippen LogP contribution in [0.3, 0.4) is 0 Å². The molecule has 0 radical (unpaired) electrons. The van der Waals surface area contributed by atoms with Crippen molar-refractivity contribution in [2.75, 3.05) is 7.11 Å². The number of nitrogens with zero attached hydrogens (tertiary/aromatic N) is 3. The predicted molar refractivity (Wildman–Crippen MR) is 96.6 cm³/mol. The van der Waals surface area contributed by atoms with E-state index in [0.29, 0.717) is 41.0 Å². The van der Waals surface area contributed by atoms with E-state index in [4.69, 9.17) is 4.74 Å². The summed E-state index contributed by atoms with van der Waals surface area (Å²) in [6, 6.07) is 8.51. The third kappa shape index (κ3) is 3.62. The van der Waals surface area contributed by atoms with Crippen molar-refractivity contribution in [3.63, 3.8) is 0 Å². The summed E-state index contributed by atoms with van der Waals surface area (Å²) in [4.78, 5) is 15.2. The molecule has 136 valence electrons. The largest absolute Gasteiger partial charge is 0.481 e. The minimum absolute atomic E-state index is 0.300. The van der Waals surface area contributed by atoms with Gasteiger partial charge in [-0.15, -0.1) is 0 Å². The minimum atomic E-state index is -0.535. The number of aromatic amines is 1. The number of fused-ring (bicyclic) bond motifs is 1. The predicted octanol–water partition coefficient (Wildman–Crippen LogP) is 3.82. The van der Waals surface area contributed by atoms with Gasteiger partial charge in [0.15, 0.2) is 0 Å². The smallest absolute Gasteiger partial charge is 0.216 e. The molecule has 4 heterocycles. The molecule has 0 spiro atoms. The second-order valence-corrected chi connectivity index (χ2v) is 6.18. The average molecular weight is 366 g/mol. The van der Waals surface area contributed by atoms with Crippen LogP contribution in [0.1, 0.15) is 22.4 Å². The van der Waals surface area contributed by atoms with Gasteiger partial charge in [0.2, 0.25) is 11.8 Å². The molecule has 0 fully saturated rings. The van der Waals surface area contributed by atoms with Crippen molar-refractivity contribution in [2.45, 2.75) is 12.8 Å². The van der Waals surface area contributed by atoms with Crippen LogP contribution in [0.5, 0.6) is 5.88 Å². The standard InChI is InChI=1S/C20H16F2N4O/c1-27-18-5-2-12(9-23-18)6-16-4-3-13(19(22)26-16)7-14-10-24-20-17(14)8-15(21)11-25-20/h2-5,8-11H,6-7H2,1H3,(H,24,25). The van der Waals surface area contributed by atoms with Gasteiger partial charge in [0.25, 0.3) is 0 Å². The molecule has 0 amide bonds. The van der Waals surface area contributed by atoms with Gasteiger partial charge in [-0.05, 0) is 23.3 Å². The van der Waals surface area contributed by atoms with Crippen LogP contribution in [-0.4, -0.2) is 27.0 Å². The zero-order valence-electron chi connectivity index (χ0n) is 14.5. The number of rotatable bonds is 5. The van der Waals surface area contributed by atoms with E-state index in [-0.39, 0.29) is 0 Å². The second kappa shape index (κ2) is 7.11. The van der Waals surface area contributed by atoms with Crippen LogP contribution in [0.4, 0.5) is 8.78 Å². The third-order valence-electron chi connectivity index (χ3n) is 4.34. The number of hydrogen-bond acceptors (Lipinski definition) is 4. The van der Waals surface area contributed by atoms with E-state index in [1.54, 1.807) is 37.7 Å². The van der Waals surface area contributed by atoms with Gasteiger partial charge < -0.3 is 9.72 Å². The van der Waals surface area contributed by atoms with Crippen molar-refractivity contribution in [3.05, 3.63) is 83.1 Å². The van der Waals surface area contributed by atoms with E-state index in [1.807, 2.05) is 6.07 Å². The molecule has 0 atom stereocenters. The Bertz CT molecular complexity index is 1090. The summed E-state index contributed by atoms with van der Waals surface area (Å²) in [5.41, 5.74) is 3.30. The molecule has 0 aliphatic carbocycles. The molecule has 4 rings (SSSR count). The first kappa shape index (κ1) is 17.1. The van der Waals surface area contributed by atoms with Gasteiger partial charge in [-0.25, -0.2) is 19.3 Å². The number of aromatic nitrogens is 4. The van der Waals surface area contributed by atoms with Crippen LogP contribution in [0.15, 0.2) is 48.9 Å². The van der Waals surface area contributed by atoms with Crippen LogP contribution in [0.25, 0.3) is 11.0 Å². The average Bonchev–Trinajstić information content (AvgIpc) is 3.06. The number of halogens is 2. The molecule has 27 heavy (non-hydrogen) atoms. The van der Waals surface area contributed by atoms with Crippen molar-refractivity contribution in [1.29, 1.82) is 0 Å². The molecular weight excluding hydrogens is 350 g/mol. The van der Waals surface area contributed by atoms with Crippen molar-refractivity contribution < 1.29 is 13.5 Å². The molecule has 0 bridgehead atoms. The lowest BCUT2D eigenvalue weighted by atomic mass is 10.0. The number of nitrogens with one attached hydrogen (secondary N) is 1. The number of hydrogen-bond donors (Lipinski definition) is 1. The van der Waals surface area contributed by atoms with E-state index < -0.39 is 11.8 Å². The van der Waals surface area contributed by atoms with Gasteiger partial charge in [-0.1, -0.05) is 12.1 Å². The lowest BCUT2D eigenvalue weighted by Crippen LogP contribution is -2.01. The summed E-state index contributed by atoms with van der Waals surface area (Å²) < 4.78 is 33.0. The second-order valence-electron chi connectivity index (χ2n) is 6.18. The van der Waals surface area contributed by atoms with E-state index in [1.165, 1.54) is 6.07 Å². The highest BCUT2D eigenvalue weighted by atomic mass is 19.1. The summed E-state index contributed by atoms with van der Waals surface area (Å²) in [5.74, 6) is -0.434. The van der Waals surface area contributed by atoms with Crippen molar-refractivity contribution in [2.24, 2.45) is 0 Å². The van der Waals surface area contributed by atoms with Gasteiger partial charge in [-0.3, -0.25) is 0 Å². The van der Waals surface area contributed by atoms with Crippen LogP contribution < -0.4 is 4.74 Å². The van der Waals surface area contributed by atoms with Gasteiger partial charge in [0.05, 0.1) is 13.3 Å². The molecule has 1 N–H and O–H groups in total. The molecule has 0 aromatic carbocycles. The Kier molecular flexibility index (Phi) is 4.50. The van der Waals surface area contributed by atoms with Crippen molar-refractivity contribution >= 4 is 11.0 Å². The minimum Gasteiger partial charge on any atom is -0.481 e. The Hall–Kier alpha value is -3.35. The summed E-state index contributed by atoms with van der Waals surface area (Å²) in [5, 5.41) is 0.641. The molecule has 0 aliphatic rings. The van der Waals surface area contributed by atoms with E-state index in [0.717, 1.165) is 17.3 Å². The maximum atomic E-state index is 14.5. The summed E-state index contributed by atoms with van der Waals surface area (Å²) in [6.07, 6.45) is 5.31. The highest BCUT2D eigenvalue weighted by Crippen LogP contribution is 2.22. The Morgan fingerprint density at radius 3 is 2.63 bits per heavy atom. The fourth-order valence-electron chi connectivity index (χ4n) is 2.96. The van der Waals surface area contributed by atoms with E-state index >= 15 is 0 Å². The van der Waals surface area contributed by atoms with Crippen LogP contribution in [0.2, 0.25) is 0 Å². The Labute approximate surface area is 154 Å². The van der Waals surface area contributed by atoms with Gasteiger partial charge in [0, 0.05) is 47.9 Å². The number of H-pyrrole nitrogens is 1. The quantitative estimate of drug-likeness (QED) is 0.546. The SMILES string of the molecule is COc1ccc(Cc2ccc(Cc3c[nH]c4ncc(F)cc34)c(F)n2)cn1. The Morgan fingerprint density at radius 2 is 1.89 bits per heavy atom. The lowest BCUT2D eigenvalue weighted by molar-refractivity contribution is 0.397. The van der Waals surface area contributed by atoms with Crippen LogP contribution in [-0.2, 0) is 12.8 Å². The lowest BCUT2D eigenvalue weighted by Gasteiger charge is -2.06. The highest BCUT2D eigenvalue weighted by molar-refractivity contribution is 5.79. The Morgan fingerprint density at radius 1 is 1.00 bits per heavy atom. The van der Waals surface area contributed by atoms with Crippen molar-refractivity contribution in [1.82, 2.24) is 19.9 Å². The van der Waals surface area contributed by atoms with Gasteiger partial charge in [0.1, 0.15) is 11.5 Å². The number of ether oxygens (including phenoxy) is 1. The summed E-state index contributed by atoms with van der Waals surface area (Å²) in [7, 11) is 1.55. The first-order valence-electron chi connectivity index (χ1n) is 8.37. The summed E-state index contributed by atoms with van der Waals surface area (Å²) >= 11 is 0. The highest BCUT2D eigenvalue weighted by Gasteiger charge is 2.11.